The quantitative estimate of drug-likeness (QED) is 0.891. The fraction of sp³-hybridized carbons (Fsp3) is 0.786. The van der Waals surface area contributed by atoms with Gasteiger partial charge in [-0.2, -0.15) is 0 Å². The number of likely N-dealkylation sites (N-methyl/N-ethyl adjacent to an activating group) is 1. The van der Waals surface area contributed by atoms with Crippen LogP contribution in [-0.2, 0) is 7.05 Å². The molecule has 0 spiro atoms. The van der Waals surface area contributed by atoms with Crippen LogP contribution in [0.15, 0.2) is 12.4 Å². The lowest BCUT2D eigenvalue weighted by molar-refractivity contribution is 0.0465. The van der Waals surface area contributed by atoms with Crippen molar-refractivity contribution in [3.63, 3.8) is 0 Å². The summed E-state index contributed by atoms with van der Waals surface area (Å²) in [6.45, 7) is 2.34. The number of aromatic nitrogens is 2. The van der Waals surface area contributed by atoms with Gasteiger partial charge in [0.15, 0.2) is 0 Å². The smallest absolute Gasteiger partial charge is 0.127 e. The van der Waals surface area contributed by atoms with Crippen LogP contribution in [0, 0.1) is 5.92 Å². The van der Waals surface area contributed by atoms with E-state index in [0.717, 1.165) is 18.2 Å². The second-order valence-electron chi connectivity index (χ2n) is 6.07. The Morgan fingerprint density at radius 2 is 2.28 bits per heavy atom. The van der Waals surface area contributed by atoms with E-state index >= 15 is 0 Å². The molecule has 2 N–H and O–H groups in total. The van der Waals surface area contributed by atoms with E-state index in [9.17, 15) is 0 Å². The van der Waals surface area contributed by atoms with E-state index in [1.807, 2.05) is 19.4 Å². The molecule has 2 rings (SSSR count). The molecule has 1 fully saturated rings. The van der Waals surface area contributed by atoms with Gasteiger partial charge in [0.05, 0.1) is 6.04 Å². The van der Waals surface area contributed by atoms with E-state index in [0.29, 0.717) is 0 Å². The van der Waals surface area contributed by atoms with Crippen LogP contribution in [0.1, 0.15) is 44.5 Å². The maximum atomic E-state index is 6.59. The summed E-state index contributed by atoms with van der Waals surface area (Å²) in [6.07, 6.45) is 8.72. The first kappa shape index (κ1) is 13.6. The molecule has 102 valence electrons. The summed E-state index contributed by atoms with van der Waals surface area (Å²) in [5.74, 6) is 1.74. The van der Waals surface area contributed by atoms with Crippen LogP contribution >= 0.6 is 0 Å². The number of hydrogen-bond acceptors (Lipinski definition) is 3. The molecule has 0 aromatic carbocycles. The van der Waals surface area contributed by atoms with E-state index in [1.54, 1.807) is 0 Å². The summed E-state index contributed by atoms with van der Waals surface area (Å²) in [7, 11) is 6.33. The SMILES string of the molecule is CC1CCCC(C(N)c2nccn2C)(N(C)C)C1. The van der Waals surface area contributed by atoms with Crippen molar-refractivity contribution < 1.29 is 0 Å². The number of aryl methyl sites for hydroxylation is 1. The molecule has 1 aromatic rings. The van der Waals surface area contributed by atoms with Gasteiger partial charge in [-0.3, -0.25) is 0 Å². The zero-order valence-electron chi connectivity index (χ0n) is 12.1. The van der Waals surface area contributed by atoms with Gasteiger partial charge in [0.2, 0.25) is 0 Å². The van der Waals surface area contributed by atoms with Crippen molar-refractivity contribution in [3.05, 3.63) is 18.2 Å². The topological polar surface area (TPSA) is 47.1 Å². The van der Waals surface area contributed by atoms with Crippen molar-refractivity contribution in [2.45, 2.75) is 44.2 Å². The number of nitrogens with zero attached hydrogens (tertiary/aromatic N) is 3. The molecular formula is C14H26N4. The molecule has 4 nitrogen and oxygen atoms in total. The normalized spacial score (nSPS) is 30.7. The maximum absolute atomic E-state index is 6.59. The third-order valence-electron chi connectivity index (χ3n) is 4.61. The molecule has 0 aliphatic heterocycles. The minimum absolute atomic E-state index is 0.0183. The zero-order chi connectivity index (χ0) is 13.3. The zero-order valence-corrected chi connectivity index (χ0v) is 12.1. The lowest BCUT2D eigenvalue weighted by Crippen LogP contribution is -2.55. The van der Waals surface area contributed by atoms with Crippen LogP contribution in [0.4, 0.5) is 0 Å². The van der Waals surface area contributed by atoms with E-state index in [4.69, 9.17) is 5.73 Å². The minimum atomic E-state index is -0.0183. The van der Waals surface area contributed by atoms with Crippen molar-refractivity contribution in [1.82, 2.24) is 14.5 Å². The van der Waals surface area contributed by atoms with Gasteiger partial charge in [-0.15, -0.1) is 0 Å². The van der Waals surface area contributed by atoms with E-state index in [2.05, 4.69) is 35.5 Å². The van der Waals surface area contributed by atoms with Crippen LogP contribution in [0.25, 0.3) is 0 Å². The first-order chi connectivity index (χ1) is 8.47. The molecular weight excluding hydrogens is 224 g/mol. The Bertz CT molecular complexity index is 398. The molecule has 0 radical (unpaired) electrons. The Morgan fingerprint density at radius 3 is 2.78 bits per heavy atom. The van der Waals surface area contributed by atoms with Gasteiger partial charge in [-0.1, -0.05) is 19.8 Å². The van der Waals surface area contributed by atoms with Crippen LogP contribution < -0.4 is 5.73 Å². The van der Waals surface area contributed by atoms with Crippen molar-refractivity contribution in [3.8, 4) is 0 Å². The van der Waals surface area contributed by atoms with Crippen molar-refractivity contribution >= 4 is 0 Å². The summed E-state index contributed by atoms with van der Waals surface area (Å²) in [5.41, 5.74) is 6.64. The van der Waals surface area contributed by atoms with Crippen LogP contribution in [0.3, 0.4) is 0 Å². The highest BCUT2D eigenvalue weighted by Gasteiger charge is 2.44. The molecule has 1 aliphatic rings. The largest absolute Gasteiger partial charge is 0.337 e. The second kappa shape index (κ2) is 5.02. The summed E-state index contributed by atoms with van der Waals surface area (Å²) in [5, 5.41) is 0. The molecule has 18 heavy (non-hydrogen) atoms. The van der Waals surface area contributed by atoms with Gasteiger partial charge in [0.25, 0.3) is 0 Å². The van der Waals surface area contributed by atoms with E-state index in [-0.39, 0.29) is 11.6 Å². The molecule has 4 heteroatoms. The average Bonchev–Trinajstić information content (AvgIpc) is 2.74. The third kappa shape index (κ3) is 2.19. The highest BCUT2D eigenvalue weighted by Crippen LogP contribution is 2.42. The van der Waals surface area contributed by atoms with Crippen LogP contribution in [-0.4, -0.2) is 34.1 Å². The van der Waals surface area contributed by atoms with Gasteiger partial charge >= 0.3 is 0 Å². The summed E-state index contributed by atoms with van der Waals surface area (Å²) >= 11 is 0. The summed E-state index contributed by atoms with van der Waals surface area (Å²) in [6, 6.07) is -0.0183. The standard InChI is InChI=1S/C14H26N4/c1-11-6-5-7-14(10-11,17(2)3)12(15)13-16-8-9-18(13)4/h8-9,11-12H,5-7,10,15H2,1-4H3. The fourth-order valence-corrected chi connectivity index (χ4v) is 3.45. The van der Waals surface area contributed by atoms with Crippen LogP contribution in [0.2, 0.25) is 0 Å². The van der Waals surface area contributed by atoms with E-state index < -0.39 is 0 Å². The first-order valence-electron chi connectivity index (χ1n) is 6.87. The van der Waals surface area contributed by atoms with Crippen molar-refractivity contribution in [1.29, 1.82) is 0 Å². The third-order valence-corrected chi connectivity index (χ3v) is 4.61. The highest BCUT2D eigenvalue weighted by molar-refractivity contribution is 5.10. The van der Waals surface area contributed by atoms with Crippen LogP contribution in [0.5, 0.6) is 0 Å². The number of imidazole rings is 1. The number of nitrogens with two attached hydrogens (primary N) is 1. The Morgan fingerprint density at radius 1 is 1.56 bits per heavy atom. The van der Waals surface area contributed by atoms with Gasteiger partial charge in [0.1, 0.15) is 5.82 Å². The highest BCUT2D eigenvalue weighted by atomic mass is 15.2. The maximum Gasteiger partial charge on any atom is 0.127 e. The monoisotopic (exact) mass is 250 g/mol. The summed E-state index contributed by atoms with van der Waals surface area (Å²) in [4.78, 5) is 6.78. The molecule has 1 saturated carbocycles. The van der Waals surface area contributed by atoms with Gasteiger partial charge < -0.3 is 15.2 Å². The predicted octanol–water partition coefficient (Wildman–Crippen LogP) is 1.93. The molecule has 0 amide bonds. The molecule has 1 heterocycles. The number of rotatable bonds is 3. The Kier molecular flexibility index (Phi) is 3.78. The molecule has 3 unspecified atom stereocenters. The van der Waals surface area contributed by atoms with Gasteiger partial charge in [-0.05, 0) is 32.9 Å². The molecule has 3 atom stereocenters. The predicted molar refractivity (Wildman–Crippen MR) is 74.2 cm³/mol. The molecule has 1 aromatic heterocycles. The Hall–Kier alpha value is -0.870. The van der Waals surface area contributed by atoms with Crippen molar-refractivity contribution in [2.24, 2.45) is 18.7 Å². The Balaban J connectivity index is 2.33. The average molecular weight is 250 g/mol. The molecule has 1 aliphatic carbocycles. The second-order valence-corrected chi connectivity index (χ2v) is 6.07. The lowest BCUT2D eigenvalue weighted by Gasteiger charge is -2.48. The lowest BCUT2D eigenvalue weighted by atomic mass is 9.71. The van der Waals surface area contributed by atoms with Gasteiger partial charge in [-0.25, -0.2) is 4.98 Å². The van der Waals surface area contributed by atoms with Crippen molar-refractivity contribution in [2.75, 3.05) is 14.1 Å². The fourth-order valence-electron chi connectivity index (χ4n) is 3.45. The summed E-state index contributed by atoms with van der Waals surface area (Å²) < 4.78 is 2.05. The van der Waals surface area contributed by atoms with Gasteiger partial charge in [0, 0.05) is 25.0 Å². The minimum Gasteiger partial charge on any atom is -0.337 e. The first-order valence-corrected chi connectivity index (χ1v) is 6.87. The van der Waals surface area contributed by atoms with E-state index in [1.165, 1.54) is 19.3 Å². The Labute approximate surface area is 110 Å². The number of hydrogen-bond donors (Lipinski definition) is 1. The molecule has 0 saturated heterocycles. The molecule has 0 bridgehead atoms.